The molecule has 0 saturated heterocycles. The number of hydrogen-bond acceptors (Lipinski definition) is 3. The lowest BCUT2D eigenvalue weighted by Crippen LogP contribution is -2.54. The molecule has 1 aromatic carbocycles. The molecule has 6 heteroatoms. The molecule has 2 atom stereocenters. The maximum Gasteiger partial charge on any atom is 0.260 e. The highest BCUT2D eigenvalue weighted by Gasteiger charge is 2.29. The molecule has 0 fully saturated rings. The summed E-state index contributed by atoms with van der Waals surface area (Å²) in [6.07, 6.45) is -0.241. The van der Waals surface area contributed by atoms with Crippen LogP contribution in [0.4, 0.5) is 0 Å². The van der Waals surface area contributed by atoms with E-state index in [-0.39, 0.29) is 18.2 Å². The normalized spacial score (nSPS) is 14.1. The van der Waals surface area contributed by atoms with E-state index in [1.807, 2.05) is 63.8 Å². The van der Waals surface area contributed by atoms with Crippen molar-refractivity contribution in [1.29, 1.82) is 0 Å². The average molecular weight is 323 g/mol. The van der Waals surface area contributed by atoms with E-state index in [0.29, 0.717) is 10.7 Å². The highest BCUT2D eigenvalue weighted by Crippen LogP contribution is 2.30. The zero-order chi connectivity index (χ0) is 16.4. The van der Waals surface area contributed by atoms with Gasteiger partial charge in [0, 0.05) is 18.0 Å². The summed E-state index contributed by atoms with van der Waals surface area (Å²) < 4.78 is 1.84. The predicted molar refractivity (Wildman–Crippen MR) is 91.1 cm³/mol. The van der Waals surface area contributed by atoms with E-state index < -0.39 is 0 Å². The van der Waals surface area contributed by atoms with Crippen LogP contribution in [0.5, 0.6) is 0 Å². The third kappa shape index (κ3) is 2.72. The van der Waals surface area contributed by atoms with Crippen LogP contribution in [-0.4, -0.2) is 41.8 Å². The van der Waals surface area contributed by atoms with Gasteiger partial charge < -0.3 is 20.1 Å². The van der Waals surface area contributed by atoms with Crippen molar-refractivity contribution >= 4 is 28.4 Å². The summed E-state index contributed by atoms with van der Waals surface area (Å²) in [6, 6.07) is 7.76. The van der Waals surface area contributed by atoms with Crippen molar-refractivity contribution in [2.75, 3.05) is 14.1 Å². The summed E-state index contributed by atoms with van der Waals surface area (Å²) in [5.41, 5.74) is 1.49. The standard InChI is InChI=1S/C16H23ClN4O/c1-10(18-3)21(11(2)19-4)16(22)14-12-8-6-7-9-13(12)20(5)15(14)17/h6-11,18-19H,1-5H3. The van der Waals surface area contributed by atoms with E-state index >= 15 is 0 Å². The van der Waals surface area contributed by atoms with E-state index in [4.69, 9.17) is 11.6 Å². The van der Waals surface area contributed by atoms with E-state index in [1.54, 1.807) is 4.90 Å². The minimum atomic E-state index is -0.120. The largest absolute Gasteiger partial charge is 0.334 e. The number of aryl methyl sites for hydroxylation is 1. The number of para-hydroxylation sites is 1. The molecule has 120 valence electrons. The highest BCUT2D eigenvalue weighted by molar-refractivity contribution is 6.35. The second kappa shape index (κ2) is 6.69. The van der Waals surface area contributed by atoms with Crippen LogP contribution in [0.25, 0.3) is 10.9 Å². The molecule has 0 spiro atoms. The Morgan fingerprint density at radius 1 is 1.18 bits per heavy atom. The van der Waals surface area contributed by atoms with Gasteiger partial charge in [0.1, 0.15) is 5.15 Å². The van der Waals surface area contributed by atoms with Crippen molar-refractivity contribution in [3.8, 4) is 0 Å². The van der Waals surface area contributed by atoms with Crippen LogP contribution in [0, 0.1) is 0 Å². The molecular formula is C16H23ClN4O. The number of aromatic nitrogens is 1. The molecule has 22 heavy (non-hydrogen) atoms. The van der Waals surface area contributed by atoms with Crippen LogP contribution < -0.4 is 10.6 Å². The smallest absolute Gasteiger partial charge is 0.260 e. The predicted octanol–water partition coefficient (Wildman–Crippen LogP) is 2.40. The van der Waals surface area contributed by atoms with Gasteiger partial charge in [-0.2, -0.15) is 0 Å². The molecule has 0 radical (unpaired) electrons. The fourth-order valence-corrected chi connectivity index (χ4v) is 2.93. The number of nitrogens with one attached hydrogen (secondary N) is 2. The van der Waals surface area contributed by atoms with Gasteiger partial charge in [-0.05, 0) is 34.0 Å². The van der Waals surface area contributed by atoms with E-state index in [1.165, 1.54) is 0 Å². The minimum Gasteiger partial charge on any atom is -0.334 e. The Kier molecular flexibility index (Phi) is 5.11. The van der Waals surface area contributed by atoms with E-state index in [9.17, 15) is 4.79 Å². The third-order valence-corrected chi connectivity index (χ3v) is 4.60. The lowest BCUT2D eigenvalue weighted by atomic mass is 10.1. The van der Waals surface area contributed by atoms with Crippen molar-refractivity contribution in [1.82, 2.24) is 20.1 Å². The van der Waals surface area contributed by atoms with Gasteiger partial charge in [-0.3, -0.25) is 4.79 Å². The van der Waals surface area contributed by atoms with Crippen molar-refractivity contribution in [3.63, 3.8) is 0 Å². The second-order valence-corrected chi connectivity index (χ2v) is 5.74. The summed E-state index contributed by atoms with van der Waals surface area (Å²) >= 11 is 6.45. The van der Waals surface area contributed by atoms with Crippen LogP contribution in [0.1, 0.15) is 24.2 Å². The Bertz CT molecular complexity index is 672. The monoisotopic (exact) mass is 322 g/mol. The van der Waals surface area contributed by atoms with Gasteiger partial charge >= 0.3 is 0 Å². The van der Waals surface area contributed by atoms with Gasteiger partial charge in [0.15, 0.2) is 0 Å². The SMILES string of the molecule is CNC(C)N(C(=O)c1c(Cl)n(C)c2ccccc12)C(C)NC. The maximum absolute atomic E-state index is 13.1. The maximum atomic E-state index is 13.1. The molecule has 2 unspecified atom stereocenters. The number of benzene rings is 1. The quantitative estimate of drug-likeness (QED) is 0.831. The number of halogens is 1. The van der Waals surface area contributed by atoms with Gasteiger partial charge in [0.05, 0.1) is 17.9 Å². The number of fused-ring (bicyclic) bond motifs is 1. The molecule has 0 aliphatic rings. The summed E-state index contributed by atoms with van der Waals surface area (Å²) in [5.74, 6) is -0.0921. The number of nitrogens with zero attached hydrogens (tertiary/aromatic N) is 2. The van der Waals surface area contributed by atoms with Gasteiger partial charge in [-0.15, -0.1) is 0 Å². The fraction of sp³-hybridized carbons (Fsp3) is 0.438. The lowest BCUT2D eigenvalue weighted by molar-refractivity contribution is 0.0545. The number of carbonyl (C=O) groups is 1. The van der Waals surface area contributed by atoms with Gasteiger partial charge in [0.25, 0.3) is 5.91 Å². The molecule has 5 nitrogen and oxygen atoms in total. The molecule has 0 aliphatic heterocycles. The molecule has 2 aromatic rings. The molecule has 1 amide bonds. The molecule has 0 saturated carbocycles. The first-order valence-electron chi connectivity index (χ1n) is 7.34. The zero-order valence-electron chi connectivity index (χ0n) is 13.6. The van der Waals surface area contributed by atoms with Gasteiger partial charge in [-0.25, -0.2) is 0 Å². The Morgan fingerprint density at radius 2 is 1.73 bits per heavy atom. The minimum absolute atomic E-state index is 0.0921. The second-order valence-electron chi connectivity index (χ2n) is 5.38. The first kappa shape index (κ1) is 16.8. The zero-order valence-corrected chi connectivity index (χ0v) is 14.4. The number of hydrogen-bond donors (Lipinski definition) is 2. The van der Waals surface area contributed by atoms with Crippen molar-refractivity contribution in [2.45, 2.75) is 26.2 Å². The van der Waals surface area contributed by atoms with Crippen LogP contribution in [-0.2, 0) is 7.05 Å². The molecule has 1 heterocycles. The fourth-order valence-electron chi connectivity index (χ4n) is 2.66. The number of amides is 1. The van der Waals surface area contributed by atoms with E-state index in [0.717, 1.165) is 10.9 Å². The molecule has 2 rings (SSSR count). The van der Waals surface area contributed by atoms with Gasteiger partial charge in [0.2, 0.25) is 0 Å². The Hall–Kier alpha value is -1.56. The molecule has 0 bridgehead atoms. The Labute approximate surface area is 136 Å². The van der Waals surface area contributed by atoms with Gasteiger partial charge in [-0.1, -0.05) is 29.8 Å². The summed E-state index contributed by atoms with van der Waals surface area (Å²) in [6.45, 7) is 3.90. The van der Waals surface area contributed by atoms with Crippen LogP contribution in [0.2, 0.25) is 5.15 Å². The first-order valence-corrected chi connectivity index (χ1v) is 7.71. The summed E-state index contributed by atoms with van der Waals surface area (Å²) in [5, 5.41) is 7.57. The molecule has 2 N–H and O–H groups in total. The molecular weight excluding hydrogens is 300 g/mol. The number of carbonyl (C=O) groups excluding carboxylic acids is 1. The van der Waals surface area contributed by atoms with Crippen molar-refractivity contribution < 1.29 is 4.79 Å². The topological polar surface area (TPSA) is 49.3 Å². The van der Waals surface area contributed by atoms with E-state index in [2.05, 4.69) is 10.6 Å². The third-order valence-electron chi connectivity index (χ3n) is 4.15. The molecule has 0 aliphatic carbocycles. The van der Waals surface area contributed by atoms with Crippen LogP contribution >= 0.6 is 11.6 Å². The molecule has 1 aromatic heterocycles. The highest BCUT2D eigenvalue weighted by atomic mass is 35.5. The van der Waals surface area contributed by atoms with Crippen LogP contribution in [0.15, 0.2) is 24.3 Å². The van der Waals surface area contributed by atoms with Crippen molar-refractivity contribution in [3.05, 3.63) is 35.0 Å². The average Bonchev–Trinajstić information content (AvgIpc) is 2.78. The van der Waals surface area contributed by atoms with Crippen LogP contribution in [0.3, 0.4) is 0 Å². The number of rotatable bonds is 5. The summed E-state index contributed by atoms with van der Waals surface area (Å²) in [4.78, 5) is 14.9. The first-order chi connectivity index (χ1) is 10.4. The summed E-state index contributed by atoms with van der Waals surface area (Å²) in [7, 11) is 5.53. The van der Waals surface area contributed by atoms with Crippen molar-refractivity contribution in [2.24, 2.45) is 7.05 Å². The lowest BCUT2D eigenvalue weighted by Gasteiger charge is -2.34. The Balaban J connectivity index is 2.58. The Morgan fingerprint density at radius 3 is 2.27 bits per heavy atom.